The monoisotopic (exact) mass is 348 g/mol. The number of anilines is 1. The number of rotatable bonds is 5. The number of amides is 2. The Morgan fingerprint density at radius 2 is 1.88 bits per heavy atom. The highest BCUT2D eigenvalue weighted by molar-refractivity contribution is 6.31. The van der Waals surface area contributed by atoms with Gasteiger partial charge in [-0.2, -0.15) is 0 Å². The van der Waals surface area contributed by atoms with Crippen LogP contribution in [0.3, 0.4) is 0 Å². The Bertz CT molecular complexity index is 764. The minimum atomic E-state index is -0.367. The largest absolute Gasteiger partial charge is 0.496 e. The Morgan fingerprint density at radius 1 is 1.12 bits per heavy atom. The van der Waals surface area contributed by atoms with E-state index < -0.39 is 0 Å². The SMILES string of the molecule is COc1cc(Cl)ccc1C(=O)Nc1cccc(C(=O)N(C)OC)c1. The van der Waals surface area contributed by atoms with Gasteiger partial charge in [0.1, 0.15) is 5.75 Å². The van der Waals surface area contributed by atoms with Gasteiger partial charge < -0.3 is 10.1 Å². The molecule has 7 heteroatoms. The zero-order valence-electron chi connectivity index (χ0n) is 13.5. The fraction of sp³-hybridized carbons (Fsp3) is 0.176. The van der Waals surface area contributed by atoms with Crippen molar-refractivity contribution in [3.8, 4) is 5.75 Å². The summed E-state index contributed by atoms with van der Waals surface area (Å²) in [5.74, 6) is -0.322. The maximum Gasteiger partial charge on any atom is 0.277 e. The molecular formula is C17H17ClN2O4. The Hall–Kier alpha value is -2.57. The first-order valence-electron chi connectivity index (χ1n) is 7.03. The molecule has 24 heavy (non-hydrogen) atoms. The van der Waals surface area contributed by atoms with E-state index in [1.165, 1.54) is 21.3 Å². The Morgan fingerprint density at radius 3 is 2.54 bits per heavy atom. The molecule has 0 radical (unpaired) electrons. The Kier molecular flexibility index (Phi) is 5.78. The van der Waals surface area contributed by atoms with Crippen LogP contribution < -0.4 is 10.1 Å². The van der Waals surface area contributed by atoms with Gasteiger partial charge in [-0.15, -0.1) is 0 Å². The van der Waals surface area contributed by atoms with Crippen LogP contribution in [0.1, 0.15) is 20.7 Å². The average Bonchev–Trinajstić information content (AvgIpc) is 2.60. The lowest BCUT2D eigenvalue weighted by molar-refractivity contribution is -0.0756. The molecule has 0 aliphatic heterocycles. The number of ether oxygens (including phenoxy) is 1. The summed E-state index contributed by atoms with van der Waals surface area (Å²) >= 11 is 5.89. The van der Waals surface area contributed by atoms with E-state index in [0.717, 1.165) is 5.06 Å². The molecule has 0 saturated heterocycles. The van der Waals surface area contributed by atoms with E-state index in [0.29, 0.717) is 27.6 Å². The molecule has 0 spiro atoms. The third-order valence-corrected chi connectivity index (χ3v) is 3.57. The van der Waals surface area contributed by atoms with E-state index in [9.17, 15) is 9.59 Å². The molecule has 2 rings (SSSR count). The number of nitrogens with zero attached hydrogens (tertiary/aromatic N) is 1. The van der Waals surface area contributed by atoms with E-state index in [1.54, 1.807) is 42.5 Å². The lowest BCUT2D eigenvalue weighted by Crippen LogP contribution is -2.25. The molecule has 2 amide bonds. The topological polar surface area (TPSA) is 67.9 Å². The second-order valence-electron chi connectivity index (χ2n) is 4.86. The average molecular weight is 349 g/mol. The van der Waals surface area contributed by atoms with Gasteiger partial charge in [0.15, 0.2) is 0 Å². The molecule has 0 aliphatic rings. The lowest BCUT2D eigenvalue weighted by Gasteiger charge is -2.14. The summed E-state index contributed by atoms with van der Waals surface area (Å²) in [6.45, 7) is 0. The summed E-state index contributed by atoms with van der Waals surface area (Å²) in [7, 11) is 4.37. The zero-order chi connectivity index (χ0) is 17.7. The molecule has 6 nitrogen and oxygen atoms in total. The number of hydroxylamine groups is 2. The summed E-state index contributed by atoms with van der Waals surface area (Å²) < 4.78 is 5.17. The maximum atomic E-state index is 12.4. The van der Waals surface area contributed by atoms with Crippen LogP contribution in [0.15, 0.2) is 42.5 Å². The van der Waals surface area contributed by atoms with E-state index in [1.807, 2.05) is 0 Å². The Balaban J connectivity index is 2.22. The predicted molar refractivity (Wildman–Crippen MR) is 91.5 cm³/mol. The molecule has 2 aromatic carbocycles. The fourth-order valence-electron chi connectivity index (χ4n) is 2.05. The van der Waals surface area contributed by atoms with Gasteiger partial charge in [-0.25, -0.2) is 5.06 Å². The van der Waals surface area contributed by atoms with E-state index in [2.05, 4.69) is 5.32 Å². The normalized spacial score (nSPS) is 10.2. The van der Waals surface area contributed by atoms with Crippen molar-refractivity contribution < 1.29 is 19.2 Å². The van der Waals surface area contributed by atoms with Gasteiger partial charge in [0.05, 0.1) is 19.8 Å². The van der Waals surface area contributed by atoms with Crippen molar-refractivity contribution in [2.24, 2.45) is 0 Å². The fourth-order valence-corrected chi connectivity index (χ4v) is 2.21. The van der Waals surface area contributed by atoms with Crippen LogP contribution in [0.25, 0.3) is 0 Å². The van der Waals surface area contributed by atoms with Crippen molar-refractivity contribution in [2.45, 2.75) is 0 Å². The molecule has 1 N–H and O–H groups in total. The van der Waals surface area contributed by atoms with Gasteiger partial charge in [-0.3, -0.25) is 14.4 Å². The maximum absolute atomic E-state index is 12.4. The number of carbonyl (C=O) groups excluding carboxylic acids is 2. The first kappa shape index (κ1) is 17.8. The summed E-state index contributed by atoms with van der Waals surface area (Å²) in [5.41, 5.74) is 1.21. The van der Waals surface area contributed by atoms with E-state index in [-0.39, 0.29) is 11.8 Å². The zero-order valence-corrected chi connectivity index (χ0v) is 14.3. The van der Waals surface area contributed by atoms with E-state index >= 15 is 0 Å². The van der Waals surface area contributed by atoms with Crippen molar-refractivity contribution >= 4 is 29.1 Å². The second-order valence-corrected chi connectivity index (χ2v) is 5.30. The van der Waals surface area contributed by atoms with Crippen molar-refractivity contribution in [3.63, 3.8) is 0 Å². The standard InChI is InChI=1S/C17H17ClN2O4/c1-20(24-3)17(22)11-5-4-6-13(9-11)19-16(21)14-8-7-12(18)10-15(14)23-2/h4-10H,1-3H3,(H,19,21). The minimum absolute atomic E-state index is 0.322. The molecule has 0 fully saturated rings. The number of halogens is 1. The number of methoxy groups -OCH3 is 1. The van der Waals surface area contributed by atoms with Gasteiger partial charge in [-0.1, -0.05) is 17.7 Å². The molecule has 0 aliphatic carbocycles. The van der Waals surface area contributed by atoms with Crippen LogP contribution in [0.4, 0.5) is 5.69 Å². The lowest BCUT2D eigenvalue weighted by atomic mass is 10.1. The predicted octanol–water partition coefficient (Wildman–Crippen LogP) is 3.23. The van der Waals surface area contributed by atoms with Gasteiger partial charge in [0.25, 0.3) is 11.8 Å². The van der Waals surface area contributed by atoms with Gasteiger partial charge in [-0.05, 0) is 36.4 Å². The number of benzene rings is 2. The van der Waals surface area contributed by atoms with Crippen molar-refractivity contribution in [1.82, 2.24) is 5.06 Å². The number of carbonyl (C=O) groups is 2. The van der Waals surface area contributed by atoms with Crippen molar-refractivity contribution in [1.29, 1.82) is 0 Å². The molecule has 2 aromatic rings. The van der Waals surface area contributed by atoms with E-state index in [4.69, 9.17) is 21.2 Å². The van der Waals surface area contributed by atoms with Gasteiger partial charge >= 0.3 is 0 Å². The third kappa shape index (κ3) is 4.04. The first-order chi connectivity index (χ1) is 11.5. The van der Waals surface area contributed by atoms with Gasteiger partial charge in [0, 0.05) is 23.3 Å². The molecule has 0 heterocycles. The summed E-state index contributed by atoms with van der Waals surface area (Å²) in [6, 6.07) is 11.3. The van der Waals surface area contributed by atoms with Crippen LogP contribution in [0.2, 0.25) is 5.02 Å². The number of hydrogen-bond acceptors (Lipinski definition) is 4. The molecule has 0 saturated carbocycles. The molecular weight excluding hydrogens is 332 g/mol. The van der Waals surface area contributed by atoms with Crippen LogP contribution in [0.5, 0.6) is 5.75 Å². The quantitative estimate of drug-likeness (QED) is 0.842. The van der Waals surface area contributed by atoms with Gasteiger partial charge in [0.2, 0.25) is 0 Å². The third-order valence-electron chi connectivity index (χ3n) is 3.34. The molecule has 0 atom stereocenters. The van der Waals surface area contributed by atoms with Crippen LogP contribution in [0, 0.1) is 0 Å². The van der Waals surface area contributed by atoms with Crippen molar-refractivity contribution in [3.05, 3.63) is 58.6 Å². The Labute approximate surface area is 144 Å². The summed E-state index contributed by atoms with van der Waals surface area (Å²) in [4.78, 5) is 29.4. The van der Waals surface area contributed by atoms with Crippen LogP contribution in [-0.2, 0) is 4.84 Å². The number of hydrogen-bond donors (Lipinski definition) is 1. The van der Waals surface area contributed by atoms with Crippen LogP contribution >= 0.6 is 11.6 Å². The highest BCUT2D eigenvalue weighted by Gasteiger charge is 2.15. The molecule has 0 unspecified atom stereocenters. The summed E-state index contributed by atoms with van der Waals surface area (Å²) in [5, 5.41) is 4.30. The second kappa shape index (κ2) is 7.81. The van der Waals surface area contributed by atoms with Crippen molar-refractivity contribution in [2.75, 3.05) is 26.6 Å². The highest BCUT2D eigenvalue weighted by atomic mass is 35.5. The minimum Gasteiger partial charge on any atom is -0.496 e. The smallest absolute Gasteiger partial charge is 0.277 e. The molecule has 126 valence electrons. The summed E-state index contributed by atoms with van der Waals surface area (Å²) in [6.07, 6.45) is 0. The molecule has 0 aromatic heterocycles. The van der Waals surface area contributed by atoms with Crippen LogP contribution in [-0.4, -0.2) is 38.1 Å². The number of nitrogens with one attached hydrogen (secondary N) is 1. The highest BCUT2D eigenvalue weighted by Crippen LogP contribution is 2.24. The first-order valence-corrected chi connectivity index (χ1v) is 7.41. The molecule has 0 bridgehead atoms.